The average molecular weight is 481 g/mol. The lowest BCUT2D eigenvalue weighted by molar-refractivity contribution is -0.155. The summed E-state index contributed by atoms with van der Waals surface area (Å²) in [6.07, 6.45) is -1.63. The molecule has 1 saturated heterocycles. The van der Waals surface area contributed by atoms with Gasteiger partial charge in [0.2, 0.25) is 6.79 Å². The largest absolute Gasteiger partial charge is 0.454 e. The van der Waals surface area contributed by atoms with Crippen LogP contribution in [-0.4, -0.2) is 72.7 Å². The molecular formula is C24H28F4N4O2. The Labute approximate surface area is 195 Å². The molecule has 1 aromatic heterocycles. The highest BCUT2D eigenvalue weighted by Crippen LogP contribution is 2.44. The molecule has 6 nitrogen and oxygen atoms in total. The molecule has 0 spiro atoms. The van der Waals surface area contributed by atoms with Crippen molar-refractivity contribution in [2.45, 2.75) is 44.1 Å². The number of alkyl halides is 4. The molecular weight excluding hydrogens is 452 g/mol. The maximum atomic E-state index is 13.5. The third-order valence-electron chi connectivity index (χ3n) is 6.71. The van der Waals surface area contributed by atoms with Crippen molar-refractivity contribution < 1.29 is 27.0 Å². The van der Waals surface area contributed by atoms with Crippen LogP contribution in [0.25, 0.3) is 0 Å². The molecule has 1 fully saturated rings. The highest BCUT2D eigenvalue weighted by Gasteiger charge is 2.42. The summed E-state index contributed by atoms with van der Waals surface area (Å²) < 4.78 is 63.9. The molecule has 1 N–H and O–H groups in total. The van der Waals surface area contributed by atoms with Crippen molar-refractivity contribution in [1.82, 2.24) is 14.8 Å². The van der Waals surface area contributed by atoms with E-state index in [-0.39, 0.29) is 25.6 Å². The van der Waals surface area contributed by atoms with Gasteiger partial charge in [0.1, 0.15) is 0 Å². The van der Waals surface area contributed by atoms with E-state index in [0.29, 0.717) is 30.0 Å². The van der Waals surface area contributed by atoms with E-state index < -0.39 is 18.8 Å². The Morgan fingerprint density at radius 3 is 2.59 bits per heavy atom. The zero-order valence-electron chi connectivity index (χ0n) is 18.9. The molecule has 184 valence electrons. The summed E-state index contributed by atoms with van der Waals surface area (Å²) in [5.41, 5.74) is 3.09. The number of hydrogen-bond donors (Lipinski definition) is 1. The molecule has 3 aliphatic heterocycles. The summed E-state index contributed by atoms with van der Waals surface area (Å²) in [4.78, 5) is 8.23. The van der Waals surface area contributed by atoms with Crippen molar-refractivity contribution in [2.24, 2.45) is 0 Å². The Morgan fingerprint density at radius 1 is 1.15 bits per heavy atom. The maximum Gasteiger partial charge on any atom is 0.401 e. The summed E-state index contributed by atoms with van der Waals surface area (Å²) in [7, 11) is 0. The predicted octanol–water partition coefficient (Wildman–Crippen LogP) is 4.16. The van der Waals surface area contributed by atoms with Crippen molar-refractivity contribution >= 4 is 5.69 Å². The van der Waals surface area contributed by atoms with Gasteiger partial charge in [-0.15, -0.1) is 0 Å². The first-order valence-corrected chi connectivity index (χ1v) is 11.6. The van der Waals surface area contributed by atoms with Crippen LogP contribution in [0.3, 0.4) is 0 Å². The van der Waals surface area contributed by atoms with Crippen LogP contribution in [0.15, 0.2) is 30.5 Å². The monoisotopic (exact) mass is 480 g/mol. The minimum absolute atomic E-state index is 0.107. The predicted molar refractivity (Wildman–Crippen MR) is 119 cm³/mol. The first-order chi connectivity index (χ1) is 16.3. The van der Waals surface area contributed by atoms with Crippen molar-refractivity contribution in [3.8, 4) is 11.5 Å². The molecule has 4 heterocycles. The van der Waals surface area contributed by atoms with Gasteiger partial charge in [-0.25, -0.2) is 0 Å². The number of aromatic nitrogens is 1. The number of pyridine rings is 1. The van der Waals surface area contributed by atoms with Gasteiger partial charge in [-0.1, -0.05) is 0 Å². The fourth-order valence-corrected chi connectivity index (χ4v) is 5.10. The molecule has 3 aliphatic rings. The van der Waals surface area contributed by atoms with E-state index in [1.54, 1.807) is 18.3 Å². The van der Waals surface area contributed by atoms with Crippen LogP contribution in [0.5, 0.6) is 11.5 Å². The number of hydrogen-bond acceptors (Lipinski definition) is 6. The second-order valence-corrected chi connectivity index (χ2v) is 9.26. The molecule has 0 saturated carbocycles. The minimum atomic E-state index is -4.33. The SMILES string of the molecule is C[C@@H]1Cc2cc3c(cc2[C@@H](c2ccc(NC4CN(CCCF)C4)cn2)N1CC(F)(F)F)OCO3. The number of nitrogens with one attached hydrogen (secondary N) is 1. The lowest BCUT2D eigenvalue weighted by atomic mass is 9.86. The summed E-state index contributed by atoms with van der Waals surface area (Å²) in [5.74, 6) is 1.17. The van der Waals surface area contributed by atoms with E-state index >= 15 is 0 Å². The number of likely N-dealkylation sites (tertiary alicyclic amines) is 1. The molecule has 0 unspecified atom stereocenters. The molecule has 0 bridgehead atoms. The van der Waals surface area contributed by atoms with E-state index in [0.717, 1.165) is 36.4 Å². The van der Waals surface area contributed by atoms with Crippen molar-refractivity contribution in [1.29, 1.82) is 0 Å². The molecule has 2 atom stereocenters. The molecule has 2 aromatic rings. The van der Waals surface area contributed by atoms with Crippen LogP contribution < -0.4 is 14.8 Å². The fraction of sp³-hybridized carbons (Fsp3) is 0.542. The van der Waals surface area contributed by atoms with E-state index in [2.05, 4.69) is 15.2 Å². The van der Waals surface area contributed by atoms with Gasteiger partial charge in [-0.2, -0.15) is 13.2 Å². The number of rotatable bonds is 7. The topological polar surface area (TPSA) is 49.9 Å². The smallest absolute Gasteiger partial charge is 0.401 e. The Hall–Kier alpha value is -2.59. The summed E-state index contributed by atoms with van der Waals surface area (Å²) in [6.45, 7) is 3.01. The Balaban J connectivity index is 1.38. The quantitative estimate of drug-likeness (QED) is 0.601. The lowest BCUT2D eigenvalue weighted by Crippen LogP contribution is -2.54. The average Bonchev–Trinajstić information content (AvgIpc) is 3.21. The highest BCUT2D eigenvalue weighted by atomic mass is 19.4. The van der Waals surface area contributed by atoms with E-state index in [1.807, 2.05) is 19.1 Å². The first-order valence-electron chi connectivity index (χ1n) is 11.6. The minimum Gasteiger partial charge on any atom is -0.454 e. The van der Waals surface area contributed by atoms with E-state index in [9.17, 15) is 17.6 Å². The third-order valence-corrected chi connectivity index (χ3v) is 6.71. The summed E-state index contributed by atoms with van der Waals surface area (Å²) in [5, 5.41) is 3.40. The number of ether oxygens (including phenoxy) is 2. The van der Waals surface area contributed by atoms with Crippen molar-refractivity contribution in [2.75, 3.05) is 45.0 Å². The first kappa shape index (κ1) is 23.2. The lowest BCUT2D eigenvalue weighted by Gasteiger charge is -2.42. The second-order valence-electron chi connectivity index (χ2n) is 9.26. The zero-order chi connectivity index (χ0) is 23.9. The van der Waals surface area contributed by atoms with Crippen LogP contribution in [-0.2, 0) is 6.42 Å². The van der Waals surface area contributed by atoms with Gasteiger partial charge in [0, 0.05) is 25.7 Å². The summed E-state index contributed by atoms with van der Waals surface area (Å²) >= 11 is 0. The molecule has 10 heteroatoms. The van der Waals surface area contributed by atoms with Gasteiger partial charge in [-0.3, -0.25) is 19.2 Å². The maximum absolute atomic E-state index is 13.5. The Bertz CT molecular complexity index is 1010. The second kappa shape index (κ2) is 9.22. The fourth-order valence-electron chi connectivity index (χ4n) is 5.10. The standard InChI is InChI=1S/C24H28F4N4O2/c1-15-7-16-8-21-22(34-14-33-21)9-19(16)23(32(15)13-24(26,27)28)20-4-3-17(10-29-20)30-18-11-31(12-18)6-2-5-25/h3-4,8-10,15,18,23,30H,2,5-7,11-14H2,1H3/t15-,23+/m1/s1. The number of fused-ring (bicyclic) bond motifs is 2. The number of nitrogens with zero attached hydrogens (tertiary/aromatic N) is 3. The third kappa shape index (κ3) is 4.79. The molecule has 5 rings (SSSR count). The number of anilines is 1. The van der Waals surface area contributed by atoms with Gasteiger partial charge in [0.15, 0.2) is 11.5 Å². The van der Waals surface area contributed by atoms with Crippen LogP contribution in [0.1, 0.15) is 36.2 Å². The molecule has 1 aromatic carbocycles. The van der Waals surface area contributed by atoms with E-state index in [1.165, 1.54) is 4.90 Å². The Kier molecular flexibility index (Phi) is 6.28. The highest BCUT2D eigenvalue weighted by molar-refractivity contribution is 5.53. The van der Waals surface area contributed by atoms with Gasteiger partial charge < -0.3 is 14.8 Å². The van der Waals surface area contributed by atoms with Crippen molar-refractivity contribution in [3.05, 3.63) is 47.3 Å². The van der Waals surface area contributed by atoms with Crippen LogP contribution in [0, 0.1) is 0 Å². The number of halogens is 4. The van der Waals surface area contributed by atoms with Gasteiger partial charge in [0.25, 0.3) is 0 Å². The van der Waals surface area contributed by atoms with Crippen molar-refractivity contribution in [3.63, 3.8) is 0 Å². The zero-order valence-corrected chi connectivity index (χ0v) is 18.9. The van der Waals surface area contributed by atoms with Crippen LogP contribution >= 0.6 is 0 Å². The molecule has 0 radical (unpaired) electrons. The number of benzene rings is 1. The molecule has 34 heavy (non-hydrogen) atoms. The van der Waals surface area contributed by atoms with Gasteiger partial charge >= 0.3 is 6.18 Å². The van der Waals surface area contributed by atoms with E-state index in [4.69, 9.17) is 9.47 Å². The normalized spacial score (nSPS) is 23.0. The van der Waals surface area contributed by atoms with Gasteiger partial charge in [-0.05, 0) is 55.2 Å². The van der Waals surface area contributed by atoms with Crippen LogP contribution in [0.2, 0.25) is 0 Å². The Morgan fingerprint density at radius 2 is 1.91 bits per heavy atom. The van der Waals surface area contributed by atoms with Crippen LogP contribution in [0.4, 0.5) is 23.2 Å². The molecule has 0 aliphatic carbocycles. The molecule has 0 amide bonds. The summed E-state index contributed by atoms with van der Waals surface area (Å²) in [6, 6.07) is 6.61. The van der Waals surface area contributed by atoms with Gasteiger partial charge in [0.05, 0.1) is 42.9 Å².